The van der Waals surface area contributed by atoms with Crippen molar-refractivity contribution < 1.29 is 19.1 Å². The van der Waals surface area contributed by atoms with E-state index >= 15 is 0 Å². The van der Waals surface area contributed by atoms with Crippen LogP contribution in [0.1, 0.15) is 44.0 Å². The number of likely N-dealkylation sites (tertiary alicyclic amines) is 1. The first kappa shape index (κ1) is 25.7. The fourth-order valence-corrected chi connectivity index (χ4v) is 5.11. The van der Waals surface area contributed by atoms with Crippen LogP contribution in [-0.4, -0.2) is 59.0 Å². The van der Waals surface area contributed by atoms with Crippen LogP contribution in [0.15, 0.2) is 54.6 Å². The van der Waals surface area contributed by atoms with Gasteiger partial charge < -0.3 is 15.2 Å². The van der Waals surface area contributed by atoms with Gasteiger partial charge in [0.15, 0.2) is 0 Å². The molecule has 198 valence electrons. The monoisotopic (exact) mass is 514 g/mol. The smallest absolute Gasteiger partial charge is 0.340 e. The van der Waals surface area contributed by atoms with E-state index in [1.165, 1.54) is 12.8 Å². The second-order valence-corrected chi connectivity index (χ2v) is 10.3. The third-order valence-corrected chi connectivity index (χ3v) is 7.10. The zero-order valence-corrected chi connectivity index (χ0v) is 22.1. The fraction of sp³-hybridized carbons (Fsp3) is 0.367. The minimum atomic E-state index is -0.692. The molecule has 1 atom stereocenters. The number of fused-ring (bicyclic) bond motifs is 2. The lowest BCUT2D eigenvalue weighted by Gasteiger charge is -2.22. The second kappa shape index (κ2) is 10.8. The maximum Gasteiger partial charge on any atom is 0.340 e. The highest BCUT2D eigenvalue weighted by Crippen LogP contribution is 2.32. The zero-order chi connectivity index (χ0) is 26.8. The first-order chi connectivity index (χ1) is 18.3. The Morgan fingerprint density at radius 1 is 1.08 bits per heavy atom. The van der Waals surface area contributed by atoms with Crippen LogP contribution >= 0.6 is 0 Å². The second-order valence-electron chi connectivity index (χ2n) is 10.3. The lowest BCUT2D eigenvalue weighted by atomic mass is 10.0. The molecule has 1 saturated heterocycles. The maximum atomic E-state index is 12.6. The van der Waals surface area contributed by atoms with Crippen LogP contribution < -0.4 is 10.5 Å². The minimum Gasteiger partial charge on any atom is -0.492 e. The van der Waals surface area contributed by atoms with E-state index in [1.54, 1.807) is 18.2 Å². The molecule has 0 bridgehead atoms. The number of ether oxygens (including phenoxy) is 2. The summed E-state index contributed by atoms with van der Waals surface area (Å²) in [7, 11) is 0. The van der Waals surface area contributed by atoms with Crippen LogP contribution in [0.3, 0.4) is 0 Å². The van der Waals surface area contributed by atoms with Gasteiger partial charge in [0, 0.05) is 17.0 Å². The van der Waals surface area contributed by atoms with Gasteiger partial charge in [-0.1, -0.05) is 39.0 Å². The molecule has 4 aromatic rings. The molecule has 38 heavy (non-hydrogen) atoms. The Morgan fingerprint density at radius 3 is 2.63 bits per heavy atom. The fourth-order valence-electron chi connectivity index (χ4n) is 5.11. The van der Waals surface area contributed by atoms with E-state index in [-0.39, 0.29) is 5.92 Å². The van der Waals surface area contributed by atoms with Gasteiger partial charge in [-0.15, -0.1) is 0 Å². The molecular formula is C30H34N4O4. The normalized spacial score (nSPS) is 15.9. The number of carbonyl (C=O) groups excluding carboxylic acids is 2. The summed E-state index contributed by atoms with van der Waals surface area (Å²) in [5.74, 6) is 0.665. The summed E-state index contributed by atoms with van der Waals surface area (Å²) in [4.78, 5) is 27.2. The molecule has 8 nitrogen and oxygen atoms in total. The number of amides is 1. The van der Waals surface area contributed by atoms with E-state index in [2.05, 4.69) is 16.9 Å². The van der Waals surface area contributed by atoms with Gasteiger partial charge in [0.05, 0.1) is 17.7 Å². The van der Waals surface area contributed by atoms with E-state index < -0.39 is 12.0 Å². The number of nitrogens with zero attached hydrogens (tertiary/aromatic N) is 3. The average Bonchev–Trinajstić information content (AvgIpc) is 3.54. The molecule has 0 spiro atoms. The molecular weight excluding hydrogens is 480 g/mol. The van der Waals surface area contributed by atoms with Crippen molar-refractivity contribution in [2.45, 2.75) is 39.7 Å². The SMILES string of the molecule is CCN1CCCC1COc1ccc2cc(-c3nn(C(N)=O)c4ccc(C(=O)OCC(C)C)cc34)ccc2c1. The first-order valence-electron chi connectivity index (χ1n) is 13.2. The number of rotatable bonds is 8. The van der Waals surface area contributed by atoms with Crippen LogP contribution in [0, 0.1) is 5.92 Å². The lowest BCUT2D eigenvalue weighted by molar-refractivity contribution is 0.0459. The summed E-state index contributed by atoms with van der Waals surface area (Å²) in [5, 5.41) is 7.22. The Kier molecular flexibility index (Phi) is 7.33. The highest BCUT2D eigenvalue weighted by Gasteiger charge is 2.23. The number of hydrogen-bond donors (Lipinski definition) is 1. The number of carbonyl (C=O) groups is 2. The molecule has 0 radical (unpaired) electrons. The summed E-state index contributed by atoms with van der Waals surface area (Å²) in [6.07, 6.45) is 2.40. The van der Waals surface area contributed by atoms with Gasteiger partial charge in [-0.2, -0.15) is 9.78 Å². The van der Waals surface area contributed by atoms with Crippen molar-refractivity contribution in [2.75, 3.05) is 26.3 Å². The van der Waals surface area contributed by atoms with Crippen molar-refractivity contribution in [3.05, 3.63) is 60.2 Å². The van der Waals surface area contributed by atoms with Crippen LogP contribution in [0.4, 0.5) is 4.79 Å². The highest BCUT2D eigenvalue weighted by molar-refractivity contribution is 6.03. The number of hydrogen-bond acceptors (Lipinski definition) is 6. The van der Waals surface area contributed by atoms with Gasteiger partial charge in [-0.25, -0.2) is 9.59 Å². The summed E-state index contributed by atoms with van der Waals surface area (Å²) < 4.78 is 12.7. The van der Waals surface area contributed by atoms with Crippen molar-refractivity contribution in [3.8, 4) is 17.0 Å². The van der Waals surface area contributed by atoms with Crippen LogP contribution in [0.2, 0.25) is 0 Å². The zero-order valence-electron chi connectivity index (χ0n) is 22.1. The van der Waals surface area contributed by atoms with Gasteiger partial charge in [0.25, 0.3) is 0 Å². The lowest BCUT2D eigenvalue weighted by Crippen LogP contribution is -2.33. The van der Waals surface area contributed by atoms with Crippen molar-refractivity contribution in [3.63, 3.8) is 0 Å². The van der Waals surface area contributed by atoms with E-state index in [0.29, 0.717) is 41.4 Å². The molecule has 8 heteroatoms. The van der Waals surface area contributed by atoms with Gasteiger partial charge in [-0.3, -0.25) is 4.90 Å². The molecule has 5 rings (SSSR count). The van der Waals surface area contributed by atoms with E-state index in [0.717, 1.165) is 39.9 Å². The van der Waals surface area contributed by atoms with Gasteiger partial charge in [0.2, 0.25) is 0 Å². The van der Waals surface area contributed by atoms with Crippen LogP contribution in [0.25, 0.3) is 32.9 Å². The summed E-state index contributed by atoms with van der Waals surface area (Å²) in [6, 6.07) is 16.9. The Labute approximate surface area is 222 Å². The number of nitrogens with two attached hydrogens (primary N) is 1. The minimum absolute atomic E-state index is 0.230. The Hall–Kier alpha value is -3.91. The van der Waals surface area contributed by atoms with E-state index in [1.807, 2.05) is 50.2 Å². The van der Waals surface area contributed by atoms with Crippen molar-refractivity contribution in [1.29, 1.82) is 0 Å². The maximum absolute atomic E-state index is 12.6. The predicted octanol–water partition coefficient (Wildman–Crippen LogP) is 5.46. The summed E-state index contributed by atoms with van der Waals surface area (Å²) in [6.45, 7) is 9.38. The van der Waals surface area contributed by atoms with Crippen molar-refractivity contribution in [2.24, 2.45) is 11.7 Å². The molecule has 1 aromatic heterocycles. The summed E-state index contributed by atoms with van der Waals surface area (Å²) >= 11 is 0. The Bertz CT molecular complexity index is 1490. The van der Waals surface area contributed by atoms with Gasteiger partial charge in [0.1, 0.15) is 18.1 Å². The Balaban J connectivity index is 1.44. The van der Waals surface area contributed by atoms with Crippen LogP contribution in [0.5, 0.6) is 5.75 Å². The third kappa shape index (κ3) is 5.22. The third-order valence-electron chi connectivity index (χ3n) is 7.10. The molecule has 1 aliphatic rings. The Morgan fingerprint density at radius 2 is 1.87 bits per heavy atom. The van der Waals surface area contributed by atoms with E-state index in [9.17, 15) is 9.59 Å². The number of likely N-dealkylation sites (N-methyl/N-ethyl adjacent to an activating group) is 1. The van der Waals surface area contributed by atoms with Gasteiger partial charge >= 0.3 is 12.0 Å². The molecule has 1 aliphatic heterocycles. The van der Waals surface area contributed by atoms with E-state index in [4.69, 9.17) is 15.2 Å². The average molecular weight is 515 g/mol. The molecule has 1 unspecified atom stereocenters. The predicted molar refractivity (Wildman–Crippen MR) is 149 cm³/mol. The highest BCUT2D eigenvalue weighted by atomic mass is 16.5. The molecule has 3 aromatic carbocycles. The topological polar surface area (TPSA) is 99.7 Å². The standard InChI is InChI=1S/C30H34N4O4/c1-4-33-13-5-6-24(33)18-37-25-11-9-20-14-22(8-7-21(20)15-25)28-26-16-23(29(35)38-17-19(2)3)10-12-27(26)34(32-28)30(31)36/h7-12,14-16,19,24H,4-6,13,17-18H2,1-3H3,(H2,31,36). The van der Waals surface area contributed by atoms with Gasteiger partial charge in [-0.05, 0) is 79.0 Å². The summed E-state index contributed by atoms with van der Waals surface area (Å²) in [5.41, 5.74) is 7.91. The van der Waals surface area contributed by atoms with Crippen molar-refractivity contribution in [1.82, 2.24) is 14.7 Å². The molecule has 0 aliphatic carbocycles. The molecule has 2 heterocycles. The first-order valence-corrected chi connectivity index (χ1v) is 13.2. The number of aromatic nitrogens is 2. The number of benzene rings is 3. The number of primary amides is 1. The molecule has 2 N–H and O–H groups in total. The molecule has 0 saturated carbocycles. The van der Waals surface area contributed by atoms with Crippen molar-refractivity contribution >= 4 is 33.7 Å². The number of esters is 1. The van der Waals surface area contributed by atoms with Crippen LogP contribution in [-0.2, 0) is 4.74 Å². The molecule has 1 amide bonds. The quantitative estimate of drug-likeness (QED) is 0.314. The largest absolute Gasteiger partial charge is 0.492 e. The molecule has 1 fully saturated rings.